The Balaban J connectivity index is 1.60. The number of hydrogen-bond acceptors (Lipinski definition) is 7. The highest BCUT2D eigenvalue weighted by atomic mass is 16.5. The Labute approximate surface area is 186 Å². The molecule has 32 heavy (non-hydrogen) atoms. The third-order valence-corrected chi connectivity index (χ3v) is 5.91. The molecule has 2 heterocycles. The van der Waals surface area contributed by atoms with Crippen molar-refractivity contribution in [3.8, 4) is 28.7 Å². The first-order chi connectivity index (χ1) is 15.6. The molecule has 7 nitrogen and oxygen atoms in total. The van der Waals surface area contributed by atoms with Gasteiger partial charge in [0.15, 0.2) is 11.5 Å². The van der Waals surface area contributed by atoms with Crippen LogP contribution in [0.15, 0.2) is 65.8 Å². The summed E-state index contributed by atoms with van der Waals surface area (Å²) in [5, 5.41) is 17.4. The Morgan fingerprint density at radius 3 is 2.53 bits per heavy atom. The summed E-state index contributed by atoms with van der Waals surface area (Å²) in [5.74, 6) is 2.92. The van der Waals surface area contributed by atoms with Crippen molar-refractivity contribution in [3.63, 3.8) is 0 Å². The first kappa shape index (κ1) is 20.1. The number of ether oxygens (including phenoxy) is 4. The highest BCUT2D eigenvalue weighted by Gasteiger charge is 2.41. The van der Waals surface area contributed by atoms with Gasteiger partial charge in [-0.25, -0.2) is 5.01 Å². The molecule has 7 heteroatoms. The molecule has 0 amide bonds. The predicted octanol–water partition coefficient (Wildman–Crippen LogP) is 4.66. The highest BCUT2D eigenvalue weighted by Crippen LogP contribution is 2.48. The number of nitrogens with zero attached hydrogens (tertiary/aromatic N) is 2. The molecule has 0 unspecified atom stereocenters. The van der Waals surface area contributed by atoms with Gasteiger partial charge in [-0.1, -0.05) is 18.2 Å². The number of phenolic OH excluding ortho intramolecular Hbond substituents is 1. The van der Waals surface area contributed by atoms with E-state index in [-0.39, 0.29) is 11.8 Å². The molecule has 0 spiro atoms. The van der Waals surface area contributed by atoms with Crippen LogP contribution in [0, 0.1) is 0 Å². The predicted molar refractivity (Wildman–Crippen MR) is 120 cm³/mol. The minimum Gasteiger partial charge on any atom is -0.507 e. The summed E-state index contributed by atoms with van der Waals surface area (Å²) >= 11 is 0. The van der Waals surface area contributed by atoms with E-state index in [1.54, 1.807) is 33.5 Å². The van der Waals surface area contributed by atoms with E-state index in [0.717, 1.165) is 22.6 Å². The average Bonchev–Trinajstić information content (AvgIpc) is 3.29. The molecule has 0 aromatic heterocycles. The summed E-state index contributed by atoms with van der Waals surface area (Å²) in [7, 11) is 4.82. The molecule has 2 aliphatic rings. The van der Waals surface area contributed by atoms with Crippen molar-refractivity contribution < 1.29 is 24.1 Å². The minimum atomic E-state index is -0.458. The van der Waals surface area contributed by atoms with Crippen LogP contribution in [0.4, 0.5) is 0 Å². The molecule has 0 radical (unpaired) electrons. The molecule has 1 N–H and O–H groups in total. The lowest BCUT2D eigenvalue weighted by molar-refractivity contribution is -0.0191. The molecule has 0 fully saturated rings. The number of phenols is 1. The van der Waals surface area contributed by atoms with Gasteiger partial charge in [0.2, 0.25) is 6.23 Å². The van der Waals surface area contributed by atoms with Crippen LogP contribution in [-0.2, 0) is 0 Å². The Morgan fingerprint density at radius 1 is 0.938 bits per heavy atom. The maximum atomic E-state index is 10.5. The second-order valence-corrected chi connectivity index (χ2v) is 7.65. The van der Waals surface area contributed by atoms with Crippen LogP contribution in [0.1, 0.15) is 35.4 Å². The van der Waals surface area contributed by atoms with E-state index in [2.05, 4.69) is 6.07 Å². The Kier molecular flexibility index (Phi) is 5.01. The number of para-hydroxylation sites is 1. The average molecular weight is 432 g/mol. The summed E-state index contributed by atoms with van der Waals surface area (Å²) in [6.45, 7) is 0. The molecule has 2 atom stereocenters. The maximum absolute atomic E-state index is 10.5. The van der Waals surface area contributed by atoms with Crippen molar-refractivity contribution in [2.75, 3.05) is 21.3 Å². The topological polar surface area (TPSA) is 72.8 Å². The molecule has 3 aromatic rings. The maximum Gasteiger partial charge on any atom is 0.214 e. The zero-order chi connectivity index (χ0) is 22.2. The van der Waals surface area contributed by atoms with Gasteiger partial charge in [-0.2, -0.15) is 5.10 Å². The largest absolute Gasteiger partial charge is 0.507 e. The monoisotopic (exact) mass is 432 g/mol. The lowest BCUT2D eigenvalue weighted by atomic mass is 9.95. The molecule has 0 bridgehead atoms. The van der Waals surface area contributed by atoms with Crippen molar-refractivity contribution >= 4 is 5.71 Å². The first-order valence-electron chi connectivity index (χ1n) is 10.3. The van der Waals surface area contributed by atoms with E-state index in [1.165, 1.54) is 0 Å². The zero-order valence-corrected chi connectivity index (χ0v) is 18.1. The summed E-state index contributed by atoms with van der Waals surface area (Å²) in [5.41, 5.74) is 3.38. The SMILES string of the molecule is COc1ccc(O)c(C2=NN3[C@H](C2)c2ccccc2O[C@@H]3c2ccc(OC)c(OC)c2)c1. The Morgan fingerprint density at radius 2 is 1.75 bits per heavy atom. The van der Waals surface area contributed by atoms with Gasteiger partial charge in [0.25, 0.3) is 0 Å². The number of fused-ring (bicyclic) bond motifs is 3. The van der Waals surface area contributed by atoms with Crippen LogP contribution in [0.5, 0.6) is 28.7 Å². The van der Waals surface area contributed by atoms with Gasteiger partial charge >= 0.3 is 0 Å². The molecule has 2 aliphatic heterocycles. The van der Waals surface area contributed by atoms with Gasteiger partial charge < -0.3 is 24.1 Å². The molecule has 0 saturated carbocycles. The molecule has 0 aliphatic carbocycles. The second kappa shape index (κ2) is 8.00. The minimum absolute atomic E-state index is 0.0290. The summed E-state index contributed by atoms with van der Waals surface area (Å²) in [4.78, 5) is 0. The van der Waals surface area contributed by atoms with Crippen molar-refractivity contribution in [2.45, 2.75) is 18.7 Å². The van der Waals surface area contributed by atoms with Gasteiger partial charge in [-0.3, -0.25) is 0 Å². The first-order valence-corrected chi connectivity index (χ1v) is 10.3. The van der Waals surface area contributed by atoms with Gasteiger partial charge in [0.05, 0.1) is 33.1 Å². The number of hydrogen-bond donors (Lipinski definition) is 1. The van der Waals surface area contributed by atoms with Crippen molar-refractivity contribution in [1.82, 2.24) is 5.01 Å². The van der Waals surface area contributed by atoms with Gasteiger partial charge in [0, 0.05) is 23.1 Å². The molecular formula is C25H24N2O5. The van der Waals surface area contributed by atoms with Crippen molar-refractivity contribution in [1.29, 1.82) is 0 Å². The highest BCUT2D eigenvalue weighted by molar-refractivity contribution is 6.04. The van der Waals surface area contributed by atoms with Gasteiger partial charge in [-0.05, 0) is 42.5 Å². The molecule has 3 aromatic carbocycles. The van der Waals surface area contributed by atoms with E-state index in [9.17, 15) is 5.11 Å². The lowest BCUT2D eigenvalue weighted by Gasteiger charge is -2.38. The summed E-state index contributed by atoms with van der Waals surface area (Å²) in [6.07, 6.45) is 0.171. The normalized spacial score (nSPS) is 18.8. The van der Waals surface area contributed by atoms with E-state index in [1.807, 2.05) is 47.5 Å². The molecule has 0 saturated heterocycles. The third kappa shape index (κ3) is 3.26. The molecule has 164 valence electrons. The standard InChI is InChI=1S/C25H24N2O5/c1-29-16-9-10-21(28)18(13-16)19-14-20-17-6-4-5-7-22(17)32-25(27(20)26-19)15-8-11-23(30-2)24(12-15)31-3/h4-13,20,25,28H,14H2,1-3H3/t20-,25-/m1/s1. The van der Waals surface area contributed by atoms with Crippen molar-refractivity contribution in [2.24, 2.45) is 5.10 Å². The fourth-order valence-electron chi connectivity index (χ4n) is 4.30. The van der Waals surface area contributed by atoms with E-state index < -0.39 is 6.23 Å². The zero-order valence-electron chi connectivity index (χ0n) is 18.1. The van der Waals surface area contributed by atoms with E-state index >= 15 is 0 Å². The van der Waals surface area contributed by atoms with Gasteiger partial charge in [0.1, 0.15) is 17.2 Å². The van der Waals surface area contributed by atoms with Crippen LogP contribution < -0.4 is 18.9 Å². The number of methoxy groups -OCH3 is 3. The fourth-order valence-corrected chi connectivity index (χ4v) is 4.30. The van der Waals surface area contributed by atoms with E-state index in [4.69, 9.17) is 24.0 Å². The third-order valence-electron chi connectivity index (χ3n) is 5.91. The van der Waals surface area contributed by atoms with Crippen molar-refractivity contribution in [3.05, 3.63) is 77.4 Å². The fraction of sp³-hybridized carbons (Fsp3) is 0.240. The lowest BCUT2D eigenvalue weighted by Crippen LogP contribution is -2.33. The van der Waals surface area contributed by atoms with Crippen LogP contribution in [0.3, 0.4) is 0 Å². The number of benzene rings is 3. The van der Waals surface area contributed by atoms with Crippen LogP contribution >= 0.6 is 0 Å². The molecular weight excluding hydrogens is 408 g/mol. The second-order valence-electron chi connectivity index (χ2n) is 7.65. The van der Waals surface area contributed by atoms with Crippen LogP contribution in [0.2, 0.25) is 0 Å². The summed E-state index contributed by atoms with van der Waals surface area (Å²) < 4.78 is 22.6. The Bertz CT molecular complexity index is 1190. The van der Waals surface area contributed by atoms with Gasteiger partial charge in [-0.15, -0.1) is 0 Å². The number of rotatable bonds is 5. The summed E-state index contributed by atoms with van der Waals surface area (Å²) in [6, 6.07) is 18.9. The van der Waals surface area contributed by atoms with Crippen LogP contribution in [-0.4, -0.2) is 37.2 Å². The number of hydrazone groups is 1. The van der Waals surface area contributed by atoms with E-state index in [0.29, 0.717) is 29.2 Å². The molecule has 5 rings (SSSR count). The Hall–Kier alpha value is -3.87. The smallest absolute Gasteiger partial charge is 0.214 e. The number of aromatic hydroxyl groups is 1. The quantitative estimate of drug-likeness (QED) is 0.632. The van der Waals surface area contributed by atoms with Crippen LogP contribution in [0.25, 0.3) is 0 Å².